The first-order valence-corrected chi connectivity index (χ1v) is 9.87. The SMILES string of the molecule is Cc1cccc(NC(=S)N/N=C/c2cc(C)n(-c3ccc(Cl)c(F)c3)c2C)c1C. The van der Waals surface area contributed by atoms with E-state index in [4.69, 9.17) is 23.8 Å². The average molecular weight is 429 g/mol. The highest BCUT2D eigenvalue weighted by Crippen LogP contribution is 2.23. The van der Waals surface area contributed by atoms with Gasteiger partial charge in [0.1, 0.15) is 5.82 Å². The molecule has 29 heavy (non-hydrogen) atoms. The van der Waals surface area contributed by atoms with Crippen molar-refractivity contribution < 1.29 is 4.39 Å². The lowest BCUT2D eigenvalue weighted by atomic mass is 10.1. The number of nitrogens with zero attached hydrogens (tertiary/aromatic N) is 2. The fraction of sp³-hybridized carbons (Fsp3) is 0.182. The van der Waals surface area contributed by atoms with Crippen LogP contribution < -0.4 is 10.7 Å². The molecular weight excluding hydrogens is 407 g/mol. The summed E-state index contributed by atoms with van der Waals surface area (Å²) >= 11 is 11.1. The summed E-state index contributed by atoms with van der Waals surface area (Å²) < 4.78 is 15.8. The fourth-order valence-corrected chi connectivity index (χ4v) is 3.42. The van der Waals surface area contributed by atoms with Gasteiger partial charge in [0.2, 0.25) is 0 Å². The molecule has 2 N–H and O–H groups in total. The lowest BCUT2D eigenvalue weighted by Gasteiger charge is -2.11. The van der Waals surface area contributed by atoms with Crippen LogP contribution in [-0.4, -0.2) is 15.9 Å². The minimum atomic E-state index is -0.448. The molecule has 1 aromatic heterocycles. The monoisotopic (exact) mass is 428 g/mol. The zero-order chi connectivity index (χ0) is 21.1. The van der Waals surface area contributed by atoms with Crippen molar-refractivity contribution in [2.45, 2.75) is 27.7 Å². The molecule has 3 aromatic rings. The molecule has 0 aliphatic carbocycles. The van der Waals surface area contributed by atoms with Crippen molar-refractivity contribution in [2.75, 3.05) is 5.32 Å². The normalized spacial score (nSPS) is 11.1. The molecule has 1 heterocycles. The molecule has 0 bridgehead atoms. The molecule has 0 amide bonds. The molecular formula is C22H22ClFN4S. The predicted octanol–water partition coefficient (Wildman–Crippen LogP) is 5.82. The minimum absolute atomic E-state index is 0.104. The molecule has 150 valence electrons. The first-order valence-electron chi connectivity index (χ1n) is 9.08. The number of hydrogen-bond acceptors (Lipinski definition) is 2. The predicted molar refractivity (Wildman–Crippen MR) is 123 cm³/mol. The third kappa shape index (κ3) is 4.66. The van der Waals surface area contributed by atoms with Crippen molar-refractivity contribution in [3.05, 3.63) is 81.4 Å². The largest absolute Gasteiger partial charge is 0.331 e. The smallest absolute Gasteiger partial charge is 0.191 e. The summed E-state index contributed by atoms with van der Waals surface area (Å²) in [6, 6.07) is 12.7. The third-order valence-corrected chi connectivity index (χ3v) is 5.35. The van der Waals surface area contributed by atoms with Gasteiger partial charge >= 0.3 is 0 Å². The number of halogens is 2. The Morgan fingerprint density at radius 1 is 1.14 bits per heavy atom. The first-order chi connectivity index (χ1) is 13.8. The maximum Gasteiger partial charge on any atom is 0.191 e. The fourth-order valence-electron chi connectivity index (χ4n) is 3.14. The number of thiocarbonyl (C=S) groups is 1. The van der Waals surface area contributed by atoms with Gasteiger partial charge in [0.25, 0.3) is 0 Å². The summed E-state index contributed by atoms with van der Waals surface area (Å²) in [5.41, 5.74) is 9.62. The molecule has 0 aliphatic heterocycles. The number of nitrogens with one attached hydrogen (secondary N) is 2. The van der Waals surface area contributed by atoms with Crippen LogP contribution in [0.25, 0.3) is 5.69 Å². The number of rotatable bonds is 4. The summed E-state index contributed by atoms with van der Waals surface area (Å²) in [6.45, 7) is 8.00. The van der Waals surface area contributed by atoms with Crippen molar-refractivity contribution in [2.24, 2.45) is 5.10 Å². The first kappa shape index (κ1) is 21.0. The van der Waals surface area contributed by atoms with Crippen LogP contribution in [0.15, 0.2) is 47.6 Å². The van der Waals surface area contributed by atoms with Gasteiger partial charge in [-0.1, -0.05) is 23.7 Å². The Morgan fingerprint density at radius 3 is 2.62 bits per heavy atom. The summed E-state index contributed by atoms with van der Waals surface area (Å²) in [5, 5.41) is 7.91. The van der Waals surface area contributed by atoms with Crippen LogP contribution in [0.4, 0.5) is 10.1 Å². The second-order valence-corrected chi connectivity index (χ2v) is 7.65. The maximum atomic E-state index is 13.9. The lowest BCUT2D eigenvalue weighted by molar-refractivity contribution is 0.626. The minimum Gasteiger partial charge on any atom is -0.331 e. The molecule has 0 spiro atoms. The van der Waals surface area contributed by atoms with Crippen molar-refractivity contribution in [3.63, 3.8) is 0 Å². The van der Waals surface area contributed by atoms with E-state index < -0.39 is 5.82 Å². The van der Waals surface area contributed by atoms with Crippen molar-refractivity contribution >= 4 is 40.8 Å². The Morgan fingerprint density at radius 2 is 1.90 bits per heavy atom. The molecule has 2 aromatic carbocycles. The molecule has 4 nitrogen and oxygen atoms in total. The zero-order valence-electron chi connectivity index (χ0n) is 16.7. The van der Waals surface area contributed by atoms with Crippen molar-refractivity contribution in [3.8, 4) is 5.69 Å². The van der Waals surface area contributed by atoms with Crippen LogP contribution in [0.3, 0.4) is 0 Å². The van der Waals surface area contributed by atoms with E-state index in [0.29, 0.717) is 10.8 Å². The van der Waals surface area contributed by atoms with Gasteiger partial charge in [-0.25, -0.2) is 4.39 Å². The number of aromatic nitrogens is 1. The van der Waals surface area contributed by atoms with Crippen LogP contribution in [0.5, 0.6) is 0 Å². The quantitative estimate of drug-likeness (QED) is 0.312. The van der Waals surface area contributed by atoms with Gasteiger partial charge in [0.05, 0.1) is 11.2 Å². The third-order valence-electron chi connectivity index (χ3n) is 4.85. The Labute approximate surface area is 180 Å². The van der Waals surface area contributed by atoms with Crippen LogP contribution in [0.1, 0.15) is 28.1 Å². The molecule has 7 heteroatoms. The van der Waals surface area contributed by atoms with Crippen LogP contribution in [0.2, 0.25) is 5.02 Å². The Balaban J connectivity index is 1.73. The number of hydrogen-bond donors (Lipinski definition) is 2. The van der Waals surface area contributed by atoms with E-state index in [1.807, 2.05) is 43.5 Å². The Kier molecular flexibility index (Phi) is 6.35. The maximum absolute atomic E-state index is 13.9. The molecule has 0 atom stereocenters. The summed E-state index contributed by atoms with van der Waals surface area (Å²) in [4.78, 5) is 0. The highest BCUT2D eigenvalue weighted by molar-refractivity contribution is 7.80. The lowest BCUT2D eigenvalue weighted by Crippen LogP contribution is -2.24. The van der Waals surface area contributed by atoms with E-state index in [-0.39, 0.29) is 5.02 Å². The van der Waals surface area contributed by atoms with Crippen LogP contribution >= 0.6 is 23.8 Å². The average Bonchev–Trinajstić information content (AvgIpc) is 2.95. The number of benzene rings is 2. The van der Waals surface area contributed by atoms with Crippen LogP contribution in [0, 0.1) is 33.5 Å². The molecule has 0 fully saturated rings. The Bertz CT molecular complexity index is 1100. The molecule has 0 saturated heterocycles. The van der Waals surface area contributed by atoms with Crippen molar-refractivity contribution in [1.82, 2.24) is 9.99 Å². The highest BCUT2D eigenvalue weighted by Gasteiger charge is 2.11. The van der Waals surface area contributed by atoms with E-state index in [1.54, 1.807) is 18.3 Å². The summed E-state index contributed by atoms with van der Waals surface area (Å²) in [6.07, 6.45) is 1.70. The standard InChI is InChI=1S/C22H22ClFN4S/c1-13-6-5-7-21(15(13)3)26-22(29)27-25-12-17-10-14(2)28(16(17)4)18-8-9-19(23)20(24)11-18/h5-12H,1-4H3,(H2,26,27,29)/b25-12+. The van der Waals surface area contributed by atoms with Gasteiger partial charge in [-0.3, -0.25) is 5.43 Å². The van der Waals surface area contributed by atoms with Gasteiger partial charge in [0.15, 0.2) is 5.11 Å². The number of anilines is 1. The number of hydrazone groups is 1. The topological polar surface area (TPSA) is 41.4 Å². The van der Waals surface area contributed by atoms with E-state index >= 15 is 0 Å². The molecule has 3 rings (SSSR count). The summed E-state index contributed by atoms with van der Waals surface area (Å²) in [7, 11) is 0. The van der Waals surface area contributed by atoms with Crippen molar-refractivity contribution in [1.29, 1.82) is 0 Å². The zero-order valence-corrected chi connectivity index (χ0v) is 18.2. The number of aryl methyl sites for hydroxylation is 2. The molecule has 0 saturated carbocycles. The second kappa shape index (κ2) is 8.76. The van der Waals surface area contributed by atoms with E-state index in [9.17, 15) is 4.39 Å². The molecule has 0 unspecified atom stereocenters. The van der Waals surface area contributed by atoms with E-state index in [2.05, 4.69) is 28.8 Å². The van der Waals surface area contributed by atoms with E-state index in [0.717, 1.165) is 28.2 Å². The van der Waals surface area contributed by atoms with Gasteiger partial charge in [0, 0.05) is 28.3 Å². The van der Waals surface area contributed by atoms with Crippen LogP contribution in [-0.2, 0) is 0 Å². The summed E-state index contributed by atoms with van der Waals surface area (Å²) in [5.74, 6) is -0.448. The van der Waals surface area contributed by atoms with Gasteiger partial charge < -0.3 is 9.88 Å². The molecule has 0 radical (unpaired) electrons. The van der Waals surface area contributed by atoms with E-state index in [1.165, 1.54) is 11.6 Å². The highest BCUT2D eigenvalue weighted by atomic mass is 35.5. The second-order valence-electron chi connectivity index (χ2n) is 6.83. The molecule has 0 aliphatic rings. The van der Waals surface area contributed by atoms with Gasteiger partial charge in [-0.2, -0.15) is 5.10 Å². The van der Waals surface area contributed by atoms with Gasteiger partial charge in [-0.15, -0.1) is 0 Å². The Hall–Kier alpha value is -2.70. The van der Waals surface area contributed by atoms with Gasteiger partial charge in [-0.05, 0) is 81.4 Å².